The van der Waals surface area contributed by atoms with Gasteiger partial charge in [-0.2, -0.15) is 0 Å². The first-order valence-electron chi connectivity index (χ1n) is 5.39. The average Bonchev–Trinajstić information content (AvgIpc) is 2.34. The molecule has 0 atom stereocenters. The van der Waals surface area contributed by atoms with Crippen molar-refractivity contribution in [1.82, 2.24) is 15.2 Å². The maximum absolute atomic E-state index is 11.2. The number of nitrogens with one attached hydrogen (secondary N) is 2. The third-order valence-electron chi connectivity index (χ3n) is 2.14. The number of carboxylic acids is 1. The van der Waals surface area contributed by atoms with Crippen LogP contribution in [0.3, 0.4) is 0 Å². The quantitative estimate of drug-likeness (QED) is 0.662. The van der Waals surface area contributed by atoms with E-state index >= 15 is 0 Å². The Hall–Kier alpha value is -2.31. The number of hydrogen-bond acceptors (Lipinski definition) is 4. The number of aromatic nitrogens is 1. The maximum atomic E-state index is 11.2. The molecule has 0 unspecified atom stereocenters. The van der Waals surface area contributed by atoms with Gasteiger partial charge in [-0.1, -0.05) is 0 Å². The number of hydrogen-bond donors (Lipinski definition) is 3. The molecule has 1 aromatic rings. The maximum Gasteiger partial charge on any atom is 0.339 e. The molecular weight excluding hydrogens is 236 g/mol. The van der Waals surface area contributed by atoms with Crippen LogP contribution < -0.4 is 10.6 Å². The third kappa shape index (κ3) is 3.93. The first-order chi connectivity index (χ1) is 8.52. The lowest BCUT2D eigenvalue weighted by molar-refractivity contribution is 0.0697. The van der Waals surface area contributed by atoms with E-state index in [2.05, 4.69) is 15.6 Å². The second-order valence-corrected chi connectivity index (χ2v) is 3.76. The van der Waals surface area contributed by atoms with Crippen LogP contribution in [0.15, 0.2) is 18.3 Å². The van der Waals surface area contributed by atoms with E-state index in [1.165, 1.54) is 17.2 Å². The molecule has 0 radical (unpaired) electrons. The topological polar surface area (TPSA) is 94.6 Å². The van der Waals surface area contributed by atoms with Crippen molar-refractivity contribution < 1.29 is 14.7 Å². The highest BCUT2D eigenvalue weighted by Gasteiger charge is 2.09. The Morgan fingerprint density at radius 3 is 2.72 bits per heavy atom. The first-order valence-corrected chi connectivity index (χ1v) is 5.39. The van der Waals surface area contributed by atoms with Gasteiger partial charge >= 0.3 is 12.0 Å². The molecule has 1 aromatic heterocycles. The normalized spacial score (nSPS) is 9.67. The highest BCUT2D eigenvalue weighted by atomic mass is 16.4. The number of rotatable bonds is 5. The molecule has 1 rings (SSSR count). The minimum Gasteiger partial charge on any atom is -0.478 e. The molecule has 98 valence electrons. The summed E-state index contributed by atoms with van der Waals surface area (Å²) in [5.41, 5.74) is 0.108. The predicted octanol–water partition coefficient (Wildman–Crippen LogP) is 0.463. The molecule has 7 heteroatoms. The monoisotopic (exact) mass is 252 g/mol. The van der Waals surface area contributed by atoms with E-state index in [-0.39, 0.29) is 11.6 Å². The van der Waals surface area contributed by atoms with Crippen molar-refractivity contribution in [2.45, 2.75) is 0 Å². The average molecular weight is 252 g/mol. The number of aromatic carboxylic acids is 1. The number of nitrogens with zero attached hydrogens (tertiary/aromatic N) is 2. The summed E-state index contributed by atoms with van der Waals surface area (Å²) in [7, 11) is 3.29. The van der Waals surface area contributed by atoms with E-state index in [1.807, 2.05) is 0 Å². The van der Waals surface area contributed by atoms with Crippen LogP contribution in [0.4, 0.5) is 10.6 Å². The largest absolute Gasteiger partial charge is 0.478 e. The second kappa shape index (κ2) is 6.43. The molecule has 18 heavy (non-hydrogen) atoms. The first kappa shape index (κ1) is 13.8. The van der Waals surface area contributed by atoms with Gasteiger partial charge in [0, 0.05) is 33.4 Å². The molecule has 0 aliphatic rings. The fourth-order valence-electron chi connectivity index (χ4n) is 1.23. The summed E-state index contributed by atoms with van der Waals surface area (Å²) in [5.74, 6) is -0.743. The van der Waals surface area contributed by atoms with Gasteiger partial charge in [0.2, 0.25) is 0 Å². The van der Waals surface area contributed by atoms with Gasteiger partial charge in [-0.25, -0.2) is 14.6 Å². The molecule has 0 saturated heterocycles. The van der Waals surface area contributed by atoms with E-state index in [1.54, 1.807) is 20.2 Å². The van der Waals surface area contributed by atoms with Crippen molar-refractivity contribution >= 4 is 17.8 Å². The minimum absolute atomic E-state index is 0.108. The fourth-order valence-corrected chi connectivity index (χ4v) is 1.23. The Morgan fingerprint density at radius 1 is 1.39 bits per heavy atom. The van der Waals surface area contributed by atoms with E-state index in [4.69, 9.17) is 5.11 Å². The zero-order chi connectivity index (χ0) is 13.5. The van der Waals surface area contributed by atoms with Gasteiger partial charge in [0.1, 0.15) is 11.4 Å². The molecule has 0 bridgehead atoms. The SMILES string of the molecule is CN(C)C(=O)NCCNc1ncccc1C(=O)O. The van der Waals surface area contributed by atoms with Gasteiger partial charge < -0.3 is 20.6 Å². The Labute approximate surface area is 105 Å². The van der Waals surface area contributed by atoms with Crippen LogP contribution in [0.5, 0.6) is 0 Å². The van der Waals surface area contributed by atoms with Crippen molar-refractivity contribution in [2.75, 3.05) is 32.5 Å². The summed E-state index contributed by atoms with van der Waals surface area (Å²) in [5, 5.41) is 14.4. The zero-order valence-electron chi connectivity index (χ0n) is 10.3. The summed E-state index contributed by atoms with van der Waals surface area (Å²) in [6.45, 7) is 0.781. The Kier molecular flexibility index (Phi) is 4.91. The number of pyridine rings is 1. The third-order valence-corrected chi connectivity index (χ3v) is 2.14. The summed E-state index contributed by atoms with van der Waals surface area (Å²) in [6, 6.07) is 2.83. The highest BCUT2D eigenvalue weighted by Crippen LogP contribution is 2.10. The van der Waals surface area contributed by atoms with Crippen LogP contribution in [0.25, 0.3) is 0 Å². The van der Waals surface area contributed by atoms with E-state index in [0.29, 0.717) is 18.9 Å². The summed E-state index contributed by atoms with van der Waals surface area (Å²) >= 11 is 0. The smallest absolute Gasteiger partial charge is 0.339 e. The number of carbonyl (C=O) groups excluding carboxylic acids is 1. The number of carbonyl (C=O) groups is 2. The zero-order valence-corrected chi connectivity index (χ0v) is 10.3. The lowest BCUT2D eigenvalue weighted by atomic mass is 10.2. The number of urea groups is 1. The number of carboxylic acid groups (broad SMARTS) is 1. The Balaban J connectivity index is 2.45. The van der Waals surface area contributed by atoms with Crippen LogP contribution in [0.2, 0.25) is 0 Å². The Bertz CT molecular complexity index is 434. The van der Waals surface area contributed by atoms with Crippen LogP contribution >= 0.6 is 0 Å². The molecule has 3 N–H and O–H groups in total. The van der Waals surface area contributed by atoms with E-state index in [9.17, 15) is 9.59 Å². The molecule has 0 spiro atoms. The fraction of sp³-hybridized carbons (Fsp3) is 0.364. The van der Waals surface area contributed by atoms with Crippen molar-refractivity contribution in [2.24, 2.45) is 0 Å². The predicted molar refractivity (Wildman–Crippen MR) is 66.8 cm³/mol. The van der Waals surface area contributed by atoms with Crippen LogP contribution in [0.1, 0.15) is 10.4 Å². The van der Waals surface area contributed by atoms with Crippen LogP contribution in [0, 0.1) is 0 Å². The van der Waals surface area contributed by atoms with E-state index < -0.39 is 5.97 Å². The van der Waals surface area contributed by atoms with Crippen molar-refractivity contribution in [3.63, 3.8) is 0 Å². The number of amides is 2. The standard InChI is InChI=1S/C11H16N4O3/c1-15(2)11(18)14-7-6-13-9-8(10(16)17)4-3-5-12-9/h3-5H,6-7H2,1-2H3,(H,12,13)(H,14,18)(H,16,17). The molecule has 2 amide bonds. The van der Waals surface area contributed by atoms with Crippen molar-refractivity contribution in [3.8, 4) is 0 Å². The molecule has 7 nitrogen and oxygen atoms in total. The second-order valence-electron chi connectivity index (χ2n) is 3.76. The van der Waals surface area contributed by atoms with Crippen molar-refractivity contribution in [3.05, 3.63) is 23.9 Å². The lowest BCUT2D eigenvalue weighted by Crippen LogP contribution is -2.37. The highest BCUT2D eigenvalue weighted by molar-refractivity contribution is 5.92. The summed E-state index contributed by atoms with van der Waals surface area (Å²) in [4.78, 5) is 27.5. The molecule has 0 aliphatic carbocycles. The summed E-state index contributed by atoms with van der Waals surface area (Å²) < 4.78 is 0. The van der Waals surface area contributed by atoms with Crippen molar-refractivity contribution in [1.29, 1.82) is 0 Å². The van der Waals surface area contributed by atoms with Crippen LogP contribution in [-0.4, -0.2) is 54.2 Å². The molecule has 0 fully saturated rings. The van der Waals surface area contributed by atoms with Crippen LogP contribution in [-0.2, 0) is 0 Å². The molecule has 0 aliphatic heterocycles. The molecule has 0 aromatic carbocycles. The van der Waals surface area contributed by atoms with Gasteiger partial charge in [-0.05, 0) is 12.1 Å². The van der Waals surface area contributed by atoms with Gasteiger partial charge in [0.15, 0.2) is 0 Å². The minimum atomic E-state index is -1.04. The lowest BCUT2D eigenvalue weighted by Gasteiger charge is -2.12. The van der Waals surface area contributed by atoms with Gasteiger partial charge in [-0.15, -0.1) is 0 Å². The van der Waals surface area contributed by atoms with Gasteiger partial charge in [0.25, 0.3) is 0 Å². The number of anilines is 1. The summed E-state index contributed by atoms with van der Waals surface area (Å²) in [6.07, 6.45) is 1.51. The van der Waals surface area contributed by atoms with E-state index in [0.717, 1.165) is 0 Å². The Morgan fingerprint density at radius 2 is 2.11 bits per heavy atom. The van der Waals surface area contributed by atoms with Gasteiger partial charge in [0.05, 0.1) is 0 Å². The molecule has 1 heterocycles. The van der Waals surface area contributed by atoms with Gasteiger partial charge in [-0.3, -0.25) is 0 Å². The molecular formula is C11H16N4O3. The molecule has 0 saturated carbocycles.